The lowest BCUT2D eigenvalue weighted by molar-refractivity contribution is 0.669. The molecule has 2 aromatic heterocycles. The Morgan fingerprint density at radius 3 is 1.60 bits per heavy atom. The zero-order chi connectivity index (χ0) is 36.3. The first kappa shape index (κ1) is 31.1. The van der Waals surface area contributed by atoms with Crippen LogP contribution in [0.2, 0.25) is 0 Å². The number of benzene rings is 9. The molecule has 55 heavy (non-hydrogen) atoms. The fourth-order valence-electron chi connectivity index (χ4n) is 8.03. The Morgan fingerprint density at radius 1 is 0.291 bits per heavy atom. The predicted octanol–water partition coefficient (Wildman–Crippen LogP) is 13.6. The monoisotopic (exact) mass is 701 g/mol. The summed E-state index contributed by atoms with van der Waals surface area (Å²) in [5, 5.41) is 9.54. The Labute approximate surface area is 317 Å². The number of fused-ring (bicyclic) bond motifs is 8. The number of furan rings is 1. The quantitative estimate of drug-likeness (QED) is 0.168. The van der Waals surface area contributed by atoms with Crippen molar-refractivity contribution in [1.82, 2.24) is 15.0 Å². The van der Waals surface area contributed by atoms with Crippen LogP contribution in [0, 0.1) is 0 Å². The van der Waals surface area contributed by atoms with E-state index in [-0.39, 0.29) is 0 Å². The van der Waals surface area contributed by atoms with Gasteiger partial charge in [-0.3, -0.25) is 0 Å². The molecule has 4 heteroatoms. The highest BCUT2D eigenvalue weighted by Gasteiger charge is 2.18. The molecule has 0 N–H and O–H groups in total. The number of hydrogen-bond acceptors (Lipinski definition) is 4. The normalized spacial score (nSPS) is 11.6. The molecule has 0 aliphatic carbocycles. The van der Waals surface area contributed by atoms with Gasteiger partial charge in [-0.2, -0.15) is 0 Å². The zero-order valence-electron chi connectivity index (χ0n) is 29.6. The molecule has 0 aliphatic rings. The third-order valence-corrected chi connectivity index (χ3v) is 10.7. The van der Waals surface area contributed by atoms with Crippen LogP contribution < -0.4 is 0 Å². The van der Waals surface area contributed by atoms with Crippen LogP contribution in [0.5, 0.6) is 0 Å². The molecule has 0 saturated carbocycles. The maximum Gasteiger partial charge on any atom is 0.164 e. The van der Waals surface area contributed by atoms with Crippen LogP contribution in [0.25, 0.3) is 111 Å². The number of rotatable bonds is 5. The van der Waals surface area contributed by atoms with Crippen molar-refractivity contribution in [1.29, 1.82) is 0 Å². The van der Waals surface area contributed by atoms with Crippen molar-refractivity contribution < 1.29 is 4.42 Å². The fraction of sp³-hybridized carbons (Fsp3) is 0. The number of aromatic nitrogens is 3. The van der Waals surface area contributed by atoms with Gasteiger partial charge in [-0.25, -0.2) is 15.0 Å². The van der Waals surface area contributed by atoms with Gasteiger partial charge in [0.25, 0.3) is 0 Å². The summed E-state index contributed by atoms with van der Waals surface area (Å²) >= 11 is 0. The lowest BCUT2D eigenvalue weighted by Gasteiger charge is -2.12. The molecule has 0 bridgehead atoms. The standard InChI is InChI=1S/C51H31N3O/c1-2-11-32(12-3-1)34-14-8-16-38(30-34)49-52-50(54-51(53-49)45-20-10-22-47-48(45)44-19-6-7-21-46(44)55-47)39-17-9-15-35(31-39)36-24-26-41-37(29-36)25-28-42-40-18-5-4-13-33(40)23-27-43(41)42/h1-31H. The van der Waals surface area contributed by atoms with Crippen molar-refractivity contribution in [2.75, 3.05) is 0 Å². The Hall–Kier alpha value is -7.43. The van der Waals surface area contributed by atoms with E-state index in [0.29, 0.717) is 17.5 Å². The average Bonchev–Trinajstić information content (AvgIpc) is 3.65. The summed E-state index contributed by atoms with van der Waals surface area (Å²) in [6.07, 6.45) is 0. The summed E-state index contributed by atoms with van der Waals surface area (Å²) in [5.41, 5.74) is 8.83. The lowest BCUT2D eigenvalue weighted by atomic mass is 9.94. The number of hydrogen-bond donors (Lipinski definition) is 0. The Morgan fingerprint density at radius 2 is 0.818 bits per heavy atom. The van der Waals surface area contributed by atoms with E-state index >= 15 is 0 Å². The molecular weight excluding hydrogens is 671 g/mol. The van der Waals surface area contributed by atoms with Gasteiger partial charge in [0.1, 0.15) is 11.2 Å². The van der Waals surface area contributed by atoms with Gasteiger partial charge in [0.2, 0.25) is 0 Å². The molecule has 0 fully saturated rings. The van der Waals surface area contributed by atoms with Crippen LogP contribution in [-0.4, -0.2) is 15.0 Å². The van der Waals surface area contributed by atoms with E-state index in [9.17, 15) is 0 Å². The summed E-state index contributed by atoms with van der Waals surface area (Å²) < 4.78 is 6.28. The van der Waals surface area contributed by atoms with Crippen LogP contribution in [0.15, 0.2) is 192 Å². The number of nitrogens with zero attached hydrogens (tertiary/aromatic N) is 3. The largest absolute Gasteiger partial charge is 0.456 e. The van der Waals surface area contributed by atoms with Gasteiger partial charge < -0.3 is 4.42 Å². The molecule has 0 spiro atoms. The Kier molecular flexibility index (Phi) is 7.14. The summed E-state index contributed by atoms with van der Waals surface area (Å²) in [4.78, 5) is 15.5. The van der Waals surface area contributed by atoms with E-state index in [1.807, 2.05) is 36.4 Å². The van der Waals surface area contributed by atoms with E-state index < -0.39 is 0 Å². The zero-order valence-corrected chi connectivity index (χ0v) is 29.6. The second-order valence-electron chi connectivity index (χ2n) is 14.0. The predicted molar refractivity (Wildman–Crippen MR) is 227 cm³/mol. The van der Waals surface area contributed by atoms with E-state index in [2.05, 4.69) is 152 Å². The van der Waals surface area contributed by atoms with Crippen LogP contribution in [-0.2, 0) is 0 Å². The molecule has 4 nitrogen and oxygen atoms in total. The van der Waals surface area contributed by atoms with E-state index in [1.165, 1.54) is 32.3 Å². The third kappa shape index (κ3) is 5.34. The minimum atomic E-state index is 0.595. The van der Waals surface area contributed by atoms with Gasteiger partial charge in [-0.1, -0.05) is 158 Å². The van der Waals surface area contributed by atoms with E-state index in [0.717, 1.165) is 60.9 Å². The van der Waals surface area contributed by atoms with Gasteiger partial charge in [0, 0.05) is 27.5 Å². The number of para-hydroxylation sites is 1. The van der Waals surface area contributed by atoms with Gasteiger partial charge in [0.05, 0.1) is 0 Å². The maximum atomic E-state index is 6.28. The van der Waals surface area contributed by atoms with Crippen LogP contribution in [0.4, 0.5) is 0 Å². The van der Waals surface area contributed by atoms with Crippen molar-refractivity contribution in [3.63, 3.8) is 0 Å². The average molecular weight is 702 g/mol. The van der Waals surface area contributed by atoms with Gasteiger partial charge in [0.15, 0.2) is 17.5 Å². The molecule has 0 saturated heterocycles. The molecule has 256 valence electrons. The van der Waals surface area contributed by atoms with Crippen molar-refractivity contribution in [3.8, 4) is 56.4 Å². The van der Waals surface area contributed by atoms with Gasteiger partial charge in [-0.05, 0) is 84.9 Å². The lowest BCUT2D eigenvalue weighted by Crippen LogP contribution is -2.00. The van der Waals surface area contributed by atoms with E-state index in [1.54, 1.807) is 0 Å². The molecule has 11 aromatic rings. The van der Waals surface area contributed by atoms with Crippen LogP contribution in [0.1, 0.15) is 0 Å². The van der Waals surface area contributed by atoms with Crippen molar-refractivity contribution in [2.24, 2.45) is 0 Å². The highest BCUT2D eigenvalue weighted by molar-refractivity contribution is 6.17. The van der Waals surface area contributed by atoms with Crippen molar-refractivity contribution in [2.45, 2.75) is 0 Å². The SMILES string of the molecule is c1ccc(-c2cccc(-c3nc(-c4cccc(-c5ccc6c(ccc7c8ccccc8ccc67)c5)c4)nc(-c4cccc5oc6ccccc6c45)n3)c2)cc1. The molecule has 0 radical (unpaired) electrons. The molecule has 11 rings (SSSR count). The molecule has 2 heterocycles. The molecule has 9 aromatic carbocycles. The summed E-state index contributed by atoms with van der Waals surface area (Å²) in [5.74, 6) is 1.81. The highest BCUT2D eigenvalue weighted by atomic mass is 16.3. The summed E-state index contributed by atoms with van der Waals surface area (Å²) in [6, 6.07) is 65.9. The maximum absolute atomic E-state index is 6.28. The van der Waals surface area contributed by atoms with Gasteiger partial charge >= 0.3 is 0 Å². The minimum absolute atomic E-state index is 0.595. The highest BCUT2D eigenvalue weighted by Crippen LogP contribution is 2.38. The molecule has 0 atom stereocenters. The van der Waals surface area contributed by atoms with E-state index in [4.69, 9.17) is 19.4 Å². The van der Waals surface area contributed by atoms with Crippen molar-refractivity contribution >= 4 is 54.3 Å². The minimum Gasteiger partial charge on any atom is -0.456 e. The smallest absolute Gasteiger partial charge is 0.164 e. The second-order valence-corrected chi connectivity index (χ2v) is 14.0. The first-order chi connectivity index (χ1) is 27.2. The topological polar surface area (TPSA) is 51.8 Å². The molecule has 0 unspecified atom stereocenters. The molecular formula is C51H31N3O. The third-order valence-electron chi connectivity index (χ3n) is 10.7. The first-order valence-electron chi connectivity index (χ1n) is 18.5. The Balaban J connectivity index is 1.07. The van der Waals surface area contributed by atoms with Crippen molar-refractivity contribution in [3.05, 3.63) is 188 Å². The molecule has 0 aliphatic heterocycles. The first-order valence-corrected chi connectivity index (χ1v) is 18.5. The van der Waals surface area contributed by atoms with Crippen LogP contribution in [0.3, 0.4) is 0 Å². The Bertz CT molecular complexity index is 3270. The summed E-state index contributed by atoms with van der Waals surface area (Å²) in [7, 11) is 0. The van der Waals surface area contributed by atoms with Gasteiger partial charge in [-0.15, -0.1) is 0 Å². The molecule has 0 amide bonds. The summed E-state index contributed by atoms with van der Waals surface area (Å²) in [6.45, 7) is 0. The fourth-order valence-corrected chi connectivity index (χ4v) is 8.03. The second kappa shape index (κ2) is 12.6. The van der Waals surface area contributed by atoms with Crippen LogP contribution >= 0.6 is 0 Å².